The van der Waals surface area contributed by atoms with Crippen LogP contribution in [0.15, 0.2) is 24.4 Å². The van der Waals surface area contributed by atoms with Crippen molar-refractivity contribution in [1.82, 2.24) is 15.5 Å². The van der Waals surface area contributed by atoms with Crippen LogP contribution in [0.25, 0.3) is 11.3 Å². The maximum absolute atomic E-state index is 12.2. The molecule has 1 fully saturated rings. The molecular weight excluding hydrogens is 322 g/mol. The third-order valence-electron chi connectivity index (χ3n) is 4.46. The van der Waals surface area contributed by atoms with Gasteiger partial charge in [0.2, 0.25) is 5.91 Å². The fraction of sp³-hybridized carbons (Fsp3) is 0.353. The third-order valence-corrected chi connectivity index (χ3v) is 4.46. The minimum Gasteiger partial charge on any atom is -0.442 e. The van der Waals surface area contributed by atoms with Gasteiger partial charge in [-0.05, 0) is 24.1 Å². The van der Waals surface area contributed by atoms with Gasteiger partial charge in [-0.1, -0.05) is 6.07 Å². The molecule has 8 heteroatoms. The molecule has 4 rings (SSSR count). The molecule has 2 aliphatic heterocycles. The van der Waals surface area contributed by atoms with Crippen LogP contribution in [-0.2, 0) is 16.0 Å². The highest BCUT2D eigenvalue weighted by atomic mass is 16.6. The third kappa shape index (κ3) is 2.90. The summed E-state index contributed by atoms with van der Waals surface area (Å²) in [6.07, 6.45) is 1.97. The van der Waals surface area contributed by atoms with Crippen LogP contribution in [0.5, 0.6) is 0 Å². The zero-order chi connectivity index (χ0) is 17.4. The Bertz CT molecular complexity index is 831. The van der Waals surface area contributed by atoms with Crippen molar-refractivity contribution in [3.8, 4) is 11.3 Å². The minimum atomic E-state index is -0.387. The summed E-state index contributed by atoms with van der Waals surface area (Å²) in [7, 11) is 0. The van der Waals surface area contributed by atoms with Crippen LogP contribution < -0.4 is 15.5 Å². The zero-order valence-corrected chi connectivity index (χ0v) is 13.8. The number of carbonyl (C=O) groups excluding carboxylic acids is 2. The highest BCUT2D eigenvalue weighted by Gasteiger charge is 2.32. The number of fused-ring (bicyclic) bond motifs is 3. The van der Waals surface area contributed by atoms with E-state index >= 15 is 0 Å². The molecule has 3 heterocycles. The van der Waals surface area contributed by atoms with Gasteiger partial charge in [0.25, 0.3) is 0 Å². The topological polar surface area (TPSA) is 99.4 Å². The predicted molar refractivity (Wildman–Crippen MR) is 92.5 cm³/mol. The molecule has 25 heavy (non-hydrogen) atoms. The van der Waals surface area contributed by atoms with Crippen LogP contribution in [0.4, 0.5) is 16.2 Å². The molecule has 8 nitrogen and oxygen atoms in total. The van der Waals surface area contributed by atoms with Crippen molar-refractivity contribution >= 4 is 23.4 Å². The summed E-state index contributed by atoms with van der Waals surface area (Å²) in [6.45, 7) is 2.99. The fourth-order valence-electron chi connectivity index (χ4n) is 3.24. The van der Waals surface area contributed by atoms with Crippen molar-refractivity contribution < 1.29 is 14.3 Å². The number of cyclic esters (lactones) is 1. The average molecular weight is 341 g/mol. The van der Waals surface area contributed by atoms with E-state index in [0.717, 1.165) is 41.2 Å². The molecule has 130 valence electrons. The van der Waals surface area contributed by atoms with Crippen LogP contribution in [0.1, 0.15) is 12.5 Å². The van der Waals surface area contributed by atoms with E-state index in [1.165, 1.54) is 6.92 Å². The molecule has 2 aliphatic rings. The number of nitrogens with zero attached hydrogens (tertiary/aromatic N) is 2. The number of nitrogens with one attached hydrogen (secondary N) is 3. The first-order valence-corrected chi connectivity index (χ1v) is 8.25. The van der Waals surface area contributed by atoms with Crippen molar-refractivity contribution in [1.29, 1.82) is 0 Å². The van der Waals surface area contributed by atoms with Crippen molar-refractivity contribution in [3.05, 3.63) is 30.0 Å². The number of hydrogen-bond acceptors (Lipinski definition) is 5. The first-order chi connectivity index (χ1) is 12.1. The molecule has 2 aromatic rings. The molecule has 1 aromatic carbocycles. The van der Waals surface area contributed by atoms with Gasteiger partial charge in [0.05, 0.1) is 18.8 Å². The lowest BCUT2D eigenvalue weighted by atomic mass is 10.0. The van der Waals surface area contributed by atoms with Gasteiger partial charge >= 0.3 is 6.09 Å². The number of carbonyl (C=O) groups is 2. The van der Waals surface area contributed by atoms with Gasteiger partial charge in [-0.15, -0.1) is 0 Å². The number of rotatable bonds is 3. The number of hydrogen-bond donors (Lipinski definition) is 3. The van der Waals surface area contributed by atoms with Gasteiger partial charge in [-0.25, -0.2) is 4.79 Å². The quantitative estimate of drug-likeness (QED) is 0.786. The first kappa shape index (κ1) is 15.5. The number of ether oxygens (including phenoxy) is 1. The number of benzene rings is 1. The molecule has 1 atom stereocenters. The lowest BCUT2D eigenvalue weighted by molar-refractivity contribution is -0.119. The number of amides is 2. The Morgan fingerprint density at radius 2 is 2.36 bits per heavy atom. The van der Waals surface area contributed by atoms with Gasteiger partial charge in [0.1, 0.15) is 11.8 Å². The first-order valence-electron chi connectivity index (χ1n) is 8.25. The fourth-order valence-corrected chi connectivity index (χ4v) is 3.24. The maximum Gasteiger partial charge on any atom is 0.414 e. The molecule has 0 spiro atoms. The molecule has 2 amide bonds. The molecule has 1 unspecified atom stereocenters. The van der Waals surface area contributed by atoms with Crippen molar-refractivity contribution in [3.63, 3.8) is 0 Å². The number of aromatic amines is 1. The summed E-state index contributed by atoms with van der Waals surface area (Å²) in [5.74, 6) is -0.137. The maximum atomic E-state index is 12.2. The highest BCUT2D eigenvalue weighted by molar-refractivity contribution is 5.91. The van der Waals surface area contributed by atoms with Crippen LogP contribution in [0.2, 0.25) is 0 Å². The van der Waals surface area contributed by atoms with Crippen molar-refractivity contribution in [2.45, 2.75) is 19.4 Å². The van der Waals surface area contributed by atoms with Crippen molar-refractivity contribution in [2.75, 3.05) is 29.9 Å². The standard InChI is InChI=1S/C17H19N5O3/c1-10(23)19-7-13-9-22(17(24)25-13)12-2-3-14-11(6-12)4-5-18-15-8-20-21-16(14)15/h2-3,6,8,13,18H,4-5,7,9H2,1H3,(H,19,23)(H,20,21). The number of H-pyrrole nitrogens is 1. The van der Waals surface area contributed by atoms with Crippen LogP contribution in [0.3, 0.4) is 0 Å². The monoisotopic (exact) mass is 341 g/mol. The van der Waals surface area contributed by atoms with E-state index in [4.69, 9.17) is 4.74 Å². The summed E-state index contributed by atoms with van der Waals surface area (Å²) >= 11 is 0. The lowest BCUT2D eigenvalue weighted by Gasteiger charge is -2.15. The zero-order valence-electron chi connectivity index (χ0n) is 13.8. The number of anilines is 2. The molecule has 0 aliphatic carbocycles. The van der Waals surface area contributed by atoms with E-state index < -0.39 is 0 Å². The molecule has 0 saturated carbocycles. The van der Waals surface area contributed by atoms with E-state index in [0.29, 0.717) is 13.1 Å². The molecule has 1 aromatic heterocycles. The summed E-state index contributed by atoms with van der Waals surface area (Å²) < 4.78 is 5.33. The summed E-state index contributed by atoms with van der Waals surface area (Å²) in [5.41, 5.74) is 4.88. The van der Waals surface area contributed by atoms with E-state index in [1.807, 2.05) is 24.4 Å². The second-order valence-electron chi connectivity index (χ2n) is 6.22. The van der Waals surface area contributed by atoms with Gasteiger partial charge in [-0.2, -0.15) is 5.10 Å². The molecular formula is C17H19N5O3. The van der Waals surface area contributed by atoms with Gasteiger partial charge in [-0.3, -0.25) is 14.8 Å². The Morgan fingerprint density at radius 3 is 3.20 bits per heavy atom. The second kappa shape index (κ2) is 6.12. The van der Waals surface area contributed by atoms with Crippen LogP contribution in [-0.4, -0.2) is 47.9 Å². The van der Waals surface area contributed by atoms with E-state index in [9.17, 15) is 9.59 Å². The Kier molecular flexibility index (Phi) is 3.79. The Morgan fingerprint density at radius 1 is 1.48 bits per heavy atom. The predicted octanol–water partition coefficient (Wildman–Crippen LogP) is 1.51. The van der Waals surface area contributed by atoms with Crippen molar-refractivity contribution in [2.24, 2.45) is 0 Å². The molecule has 3 N–H and O–H groups in total. The van der Waals surface area contributed by atoms with Crippen LogP contribution >= 0.6 is 0 Å². The lowest BCUT2D eigenvalue weighted by Crippen LogP contribution is -2.33. The molecule has 0 bridgehead atoms. The number of aromatic nitrogens is 2. The Labute approximate surface area is 144 Å². The SMILES string of the molecule is CC(=O)NCC1CN(c2ccc3c(c2)CCNc2c[nH]nc2-3)C(=O)O1. The Hall–Kier alpha value is -3.03. The van der Waals surface area contributed by atoms with E-state index in [-0.39, 0.29) is 18.1 Å². The van der Waals surface area contributed by atoms with Gasteiger partial charge in [0, 0.05) is 30.9 Å². The van der Waals surface area contributed by atoms with E-state index in [1.54, 1.807) is 4.90 Å². The smallest absolute Gasteiger partial charge is 0.414 e. The summed E-state index contributed by atoms with van der Waals surface area (Å²) in [4.78, 5) is 24.8. The largest absolute Gasteiger partial charge is 0.442 e. The van der Waals surface area contributed by atoms with Gasteiger partial charge < -0.3 is 15.4 Å². The van der Waals surface area contributed by atoms with Crippen LogP contribution in [0, 0.1) is 0 Å². The Balaban J connectivity index is 1.58. The highest BCUT2D eigenvalue weighted by Crippen LogP contribution is 2.34. The second-order valence-corrected chi connectivity index (χ2v) is 6.22. The molecule has 0 radical (unpaired) electrons. The van der Waals surface area contributed by atoms with E-state index in [2.05, 4.69) is 20.8 Å². The minimum absolute atomic E-state index is 0.137. The summed E-state index contributed by atoms with van der Waals surface area (Å²) in [6, 6.07) is 5.92. The van der Waals surface area contributed by atoms with Gasteiger partial charge in [0.15, 0.2) is 0 Å². The normalized spacial score (nSPS) is 18.7. The average Bonchev–Trinajstić information content (AvgIpc) is 3.15. The molecule has 1 saturated heterocycles. The summed E-state index contributed by atoms with van der Waals surface area (Å²) in [5, 5.41) is 13.2.